The van der Waals surface area contributed by atoms with Crippen LogP contribution in [-0.2, 0) is 7.05 Å². The molecule has 0 aliphatic rings. The van der Waals surface area contributed by atoms with Crippen LogP contribution in [0.1, 0.15) is 47.6 Å². The molecular formula is C18H28N2. The number of nitrogens with one attached hydrogen (secondary N) is 1. The standard InChI is InChI=1S/C18H28N2/c1-10-11(2)13(4)18-17(12(10)3)16(9-20(18)8)14(5)15(6)19-7/h9,14-15,19H,1-8H3. The average Bonchev–Trinajstić information content (AvgIpc) is 2.78. The molecule has 0 aliphatic heterocycles. The third-order valence-electron chi connectivity index (χ3n) is 5.32. The smallest absolute Gasteiger partial charge is 0.0515 e. The minimum Gasteiger partial charge on any atom is -0.350 e. The van der Waals surface area contributed by atoms with E-state index in [0.717, 1.165) is 0 Å². The Morgan fingerprint density at radius 3 is 2.05 bits per heavy atom. The first-order valence-electron chi connectivity index (χ1n) is 7.53. The maximum atomic E-state index is 3.39. The normalized spacial score (nSPS) is 14.8. The van der Waals surface area contributed by atoms with Crippen molar-refractivity contribution in [1.82, 2.24) is 9.88 Å². The van der Waals surface area contributed by atoms with E-state index >= 15 is 0 Å². The van der Waals surface area contributed by atoms with Gasteiger partial charge >= 0.3 is 0 Å². The van der Waals surface area contributed by atoms with E-state index in [-0.39, 0.29) is 0 Å². The third-order valence-corrected chi connectivity index (χ3v) is 5.32. The van der Waals surface area contributed by atoms with Crippen LogP contribution in [0.5, 0.6) is 0 Å². The molecule has 0 amide bonds. The van der Waals surface area contributed by atoms with Crippen molar-refractivity contribution in [2.75, 3.05) is 7.05 Å². The summed E-state index contributed by atoms with van der Waals surface area (Å²) >= 11 is 0. The van der Waals surface area contributed by atoms with Crippen molar-refractivity contribution in [3.05, 3.63) is 34.0 Å². The molecule has 2 nitrogen and oxygen atoms in total. The Kier molecular flexibility index (Phi) is 3.97. The molecule has 2 rings (SSSR count). The molecule has 0 bridgehead atoms. The van der Waals surface area contributed by atoms with Crippen LogP contribution in [0.25, 0.3) is 10.9 Å². The van der Waals surface area contributed by atoms with E-state index in [1.165, 1.54) is 38.7 Å². The maximum absolute atomic E-state index is 3.39. The second kappa shape index (κ2) is 5.25. The van der Waals surface area contributed by atoms with Crippen molar-refractivity contribution in [1.29, 1.82) is 0 Å². The van der Waals surface area contributed by atoms with Gasteiger partial charge in [0.05, 0.1) is 5.52 Å². The highest BCUT2D eigenvalue weighted by Crippen LogP contribution is 2.36. The van der Waals surface area contributed by atoms with E-state index in [1.54, 1.807) is 0 Å². The zero-order valence-corrected chi connectivity index (χ0v) is 14.2. The molecule has 0 saturated carbocycles. The van der Waals surface area contributed by atoms with Crippen molar-refractivity contribution < 1.29 is 0 Å². The summed E-state index contributed by atoms with van der Waals surface area (Å²) in [6.07, 6.45) is 2.32. The topological polar surface area (TPSA) is 17.0 Å². The van der Waals surface area contributed by atoms with Gasteiger partial charge in [-0.05, 0) is 75.4 Å². The molecule has 2 atom stereocenters. The summed E-state index contributed by atoms with van der Waals surface area (Å²) < 4.78 is 2.30. The Morgan fingerprint density at radius 1 is 0.950 bits per heavy atom. The minimum atomic E-state index is 0.474. The molecule has 2 aromatic rings. The number of nitrogens with zero attached hydrogens (tertiary/aromatic N) is 1. The Balaban J connectivity index is 2.83. The van der Waals surface area contributed by atoms with Gasteiger partial charge in [0, 0.05) is 24.7 Å². The summed E-state index contributed by atoms with van der Waals surface area (Å²) in [6.45, 7) is 13.6. The monoisotopic (exact) mass is 272 g/mol. The SMILES string of the molecule is CNC(C)C(C)c1cn(C)c2c(C)c(C)c(C)c(C)c12. The van der Waals surface area contributed by atoms with Crippen LogP contribution in [0, 0.1) is 27.7 Å². The number of benzene rings is 1. The molecule has 1 aromatic heterocycles. The Labute approximate surface area is 123 Å². The van der Waals surface area contributed by atoms with Crippen LogP contribution in [0.4, 0.5) is 0 Å². The van der Waals surface area contributed by atoms with Gasteiger partial charge in [0.2, 0.25) is 0 Å². The van der Waals surface area contributed by atoms with Crippen LogP contribution < -0.4 is 5.32 Å². The minimum absolute atomic E-state index is 0.474. The van der Waals surface area contributed by atoms with Crippen LogP contribution in [-0.4, -0.2) is 17.7 Å². The summed E-state index contributed by atoms with van der Waals surface area (Å²) in [4.78, 5) is 0. The number of aryl methyl sites for hydroxylation is 3. The number of rotatable bonds is 3. The van der Waals surface area contributed by atoms with Crippen molar-refractivity contribution in [2.24, 2.45) is 7.05 Å². The number of hydrogen-bond acceptors (Lipinski definition) is 1. The fraction of sp³-hybridized carbons (Fsp3) is 0.556. The summed E-state index contributed by atoms with van der Waals surface area (Å²) in [7, 11) is 4.21. The Morgan fingerprint density at radius 2 is 1.50 bits per heavy atom. The first kappa shape index (κ1) is 15.1. The first-order valence-corrected chi connectivity index (χ1v) is 7.53. The average molecular weight is 272 g/mol. The molecule has 2 unspecified atom stereocenters. The predicted octanol–water partition coefficient (Wildman–Crippen LogP) is 4.12. The highest BCUT2D eigenvalue weighted by Gasteiger charge is 2.21. The summed E-state index contributed by atoms with van der Waals surface area (Å²) in [5.41, 5.74) is 8.59. The highest BCUT2D eigenvalue weighted by molar-refractivity contribution is 5.92. The molecular weight excluding hydrogens is 244 g/mol. The van der Waals surface area contributed by atoms with Gasteiger partial charge in [-0.2, -0.15) is 0 Å². The van der Waals surface area contributed by atoms with E-state index < -0.39 is 0 Å². The lowest BCUT2D eigenvalue weighted by Gasteiger charge is -2.20. The quantitative estimate of drug-likeness (QED) is 0.889. The van der Waals surface area contributed by atoms with Gasteiger partial charge in [-0.3, -0.25) is 0 Å². The van der Waals surface area contributed by atoms with E-state index in [1.807, 2.05) is 7.05 Å². The van der Waals surface area contributed by atoms with Crippen LogP contribution in [0.3, 0.4) is 0 Å². The van der Waals surface area contributed by atoms with Gasteiger partial charge in [0.25, 0.3) is 0 Å². The number of likely N-dealkylation sites (N-methyl/N-ethyl adjacent to an activating group) is 1. The lowest BCUT2D eigenvalue weighted by Crippen LogP contribution is -2.27. The second-order valence-corrected chi connectivity index (χ2v) is 6.28. The number of fused-ring (bicyclic) bond motifs is 1. The van der Waals surface area contributed by atoms with E-state index in [9.17, 15) is 0 Å². The van der Waals surface area contributed by atoms with Crippen molar-refractivity contribution in [2.45, 2.75) is 53.5 Å². The van der Waals surface area contributed by atoms with Crippen molar-refractivity contribution in [3.8, 4) is 0 Å². The fourth-order valence-corrected chi connectivity index (χ4v) is 3.29. The zero-order chi connectivity index (χ0) is 15.2. The highest BCUT2D eigenvalue weighted by atomic mass is 14.9. The van der Waals surface area contributed by atoms with E-state index in [0.29, 0.717) is 12.0 Å². The van der Waals surface area contributed by atoms with Gasteiger partial charge in [0.1, 0.15) is 0 Å². The molecule has 0 saturated heterocycles. The van der Waals surface area contributed by atoms with Crippen molar-refractivity contribution in [3.63, 3.8) is 0 Å². The number of aromatic nitrogens is 1. The molecule has 0 radical (unpaired) electrons. The summed E-state index contributed by atoms with van der Waals surface area (Å²) in [5, 5.41) is 4.85. The van der Waals surface area contributed by atoms with Gasteiger partial charge in [0.15, 0.2) is 0 Å². The molecule has 1 N–H and O–H groups in total. The fourth-order valence-electron chi connectivity index (χ4n) is 3.29. The van der Waals surface area contributed by atoms with Crippen LogP contribution in [0.2, 0.25) is 0 Å². The molecule has 1 heterocycles. The predicted molar refractivity (Wildman–Crippen MR) is 88.8 cm³/mol. The molecule has 0 fully saturated rings. The van der Waals surface area contributed by atoms with Gasteiger partial charge in [-0.1, -0.05) is 6.92 Å². The lowest BCUT2D eigenvalue weighted by molar-refractivity contribution is 0.525. The summed E-state index contributed by atoms with van der Waals surface area (Å²) in [5.74, 6) is 0.504. The lowest BCUT2D eigenvalue weighted by atomic mass is 9.88. The number of hydrogen-bond donors (Lipinski definition) is 1. The van der Waals surface area contributed by atoms with Crippen LogP contribution >= 0.6 is 0 Å². The molecule has 2 heteroatoms. The summed E-state index contributed by atoms with van der Waals surface area (Å²) in [6, 6.07) is 0.474. The van der Waals surface area contributed by atoms with Gasteiger partial charge < -0.3 is 9.88 Å². The third kappa shape index (κ3) is 2.07. The molecule has 110 valence electrons. The first-order chi connectivity index (χ1) is 9.31. The Hall–Kier alpha value is -1.28. The molecule has 0 spiro atoms. The zero-order valence-electron chi connectivity index (χ0n) is 14.2. The van der Waals surface area contributed by atoms with Gasteiger partial charge in [-0.25, -0.2) is 0 Å². The van der Waals surface area contributed by atoms with Crippen molar-refractivity contribution >= 4 is 10.9 Å². The second-order valence-electron chi connectivity index (χ2n) is 6.28. The van der Waals surface area contributed by atoms with Gasteiger partial charge in [-0.15, -0.1) is 0 Å². The van der Waals surface area contributed by atoms with E-state index in [4.69, 9.17) is 0 Å². The maximum Gasteiger partial charge on any atom is 0.0515 e. The largest absolute Gasteiger partial charge is 0.350 e. The Bertz CT molecular complexity index is 649. The molecule has 20 heavy (non-hydrogen) atoms. The molecule has 1 aromatic carbocycles. The van der Waals surface area contributed by atoms with E-state index in [2.05, 4.69) is 64.7 Å². The molecule has 0 aliphatic carbocycles. The van der Waals surface area contributed by atoms with Crippen LogP contribution in [0.15, 0.2) is 6.20 Å².